The lowest BCUT2D eigenvalue weighted by Gasteiger charge is -2.35. The van der Waals surface area contributed by atoms with Gasteiger partial charge in [0.25, 0.3) is 5.91 Å². The first-order valence-electron chi connectivity index (χ1n) is 11.5. The number of halogens is 5. The maximum absolute atomic E-state index is 14.0. The Kier molecular flexibility index (Phi) is 9.32. The Morgan fingerprint density at radius 2 is 1.92 bits per heavy atom. The van der Waals surface area contributed by atoms with E-state index in [4.69, 9.17) is 28.9 Å². The number of carbonyl (C=O) groups is 1. The van der Waals surface area contributed by atoms with Gasteiger partial charge in [0, 0.05) is 41.3 Å². The van der Waals surface area contributed by atoms with E-state index in [1.165, 1.54) is 31.2 Å². The number of alkyl halides is 3. The molecule has 1 saturated heterocycles. The van der Waals surface area contributed by atoms with Gasteiger partial charge in [-0.2, -0.15) is 13.2 Å². The number of benzene rings is 2. The van der Waals surface area contributed by atoms with E-state index < -0.39 is 27.5 Å². The minimum absolute atomic E-state index is 0.00458. The molecule has 0 unspecified atom stereocenters. The summed E-state index contributed by atoms with van der Waals surface area (Å²) in [6.45, 7) is 2.14. The van der Waals surface area contributed by atoms with Gasteiger partial charge in [-0.1, -0.05) is 36.5 Å². The molecule has 3 N–H and O–H groups in total. The zero-order valence-corrected chi connectivity index (χ0v) is 22.0. The van der Waals surface area contributed by atoms with Crippen molar-refractivity contribution in [2.75, 3.05) is 18.8 Å². The standard InChI is InChI=1S/C24H28Cl2F3N3O3S/c1-2-36(34,35)22-7-6-17(25)9-16(22)13-31-23(33)15-10-20(24(27,28)29)19(21(26)11-15)14-32-8-4-3-5-18(32)12-30/h6-7,9-11,18H,2-5,8,12-14,30H2,1H3,(H,31,33)/t18-/m1/s1. The summed E-state index contributed by atoms with van der Waals surface area (Å²) in [6, 6.07) is 6.09. The molecule has 1 amide bonds. The zero-order chi connectivity index (χ0) is 26.7. The van der Waals surface area contributed by atoms with E-state index in [2.05, 4.69) is 5.32 Å². The SMILES string of the molecule is CCS(=O)(=O)c1ccc(Cl)cc1CNC(=O)c1cc(Cl)c(CN2CCCC[C@@H]2CN)c(C(F)(F)F)c1. The van der Waals surface area contributed by atoms with Crippen molar-refractivity contribution in [2.45, 2.75) is 56.4 Å². The van der Waals surface area contributed by atoms with Gasteiger partial charge in [-0.25, -0.2) is 8.42 Å². The van der Waals surface area contributed by atoms with Crippen molar-refractivity contribution in [3.8, 4) is 0 Å². The molecule has 1 aliphatic heterocycles. The number of piperidine rings is 1. The van der Waals surface area contributed by atoms with Crippen LogP contribution in [0.5, 0.6) is 0 Å². The molecule has 1 atom stereocenters. The number of likely N-dealkylation sites (tertiary alicyclic amines) is 1. The topological polar surface area (TPSA) is 92.5 Å². The molecule has 36 heavy (non-hydrogen) atoms. The maximum Gasteiger partial charge on any atom is 0.416 e. The molecule has 0 bridgehead atoms. The van der Waals surface area contributed by atoms with E-state index in [1.807, 2.05) is 4.90 Å². The summed E-state index contributed by atoms with van der Waals surface area (Å²) >= 11 is 12.3. The average molecular weight is 566 g/mol. The zero-order valence-electron chi connectivity index (χ0n) is 19.7. The van der Waals surface area contributed by atoms with Gasteiger partial charge in [0.15, 0.2) is 9.84 Å². The lowest BCUT2D eigenvalue weighted by Crippen LogP contribution is -2.43. The summed E-state index contributed by atoms with van der Waals surface area (Å²) < 4.78 is 66.8. The maximum atomic E-state index is 14.0. The monoisotopic (exact) mass is 565 g/mol. The number of nitrogens with one attached hydrogen (secondary N) is 1. The fraction of sp³-hybridized carbons (Fsp3) is 0.458. The molecule has 1 fully saturated rings. The third-order valence-corrected chi connectivity index (χ3v) is 8.72. The third kappa shape index (κ3) is 6.72. The molecule has 2 aromatic rings. The first-order valence-corrected chi connectivity index (χ1v) is 13.9. The third-order valence-electron chi connectivity index (χ3n) is 6.32. The van der Waals surface area contributed by atoms with E-state index >= 15 is 0 Å². The lowest BCUT2D eigenvalue weighted by molar-refractivity contribution is -0.138. The molecule has 198 valence electrons. The van der Waals surface area contributed by atoms with E-state index in [1.54, 1.807) is 0 Å². The predicted molar refractivity (Wildman–Crippen MR) is 134 cm³/mol. The predicted octanol–water partition coefficient (Wildman–Crippen LogP) is 5.05. The number of rotatable bonds is 8. The van der Waals surface area contributed by atoms with E-state index in [0.29, 0.717) is 13.1 Å². The van der Waals surface area contributed by atoms with Crippen molar-refractivity contribution in [1.29, 1.82) is 0 Å². The molecule has 0 saturated carbocycles. The van der Waals surface area contributed by atoms with Crippen molar-refractivity contribution in [3.05, 3.63) is 62.6 Å². The van der Waals surface area contributed by atoms with E-state index in [0.717, 1.165) is 25.3 Å². The van der Waals surface area contributed by atoms with Crippen LogP contribution in [0.3, 0.4) is 0 Å². The first-order chi connectivity index (χ1) is 16.9. The number of hydrogen-bond acceptors (Lipinski definition) is 5. The highest BCUT2D eigenvalue weighted by Crippen LogP contribution is 2.37. The first kappa shape index (κ1) is 28.7. The van der Waals surface area contributed by atoms with Crippen LogP contribution in [0.25, 0.3) is 0 Å². The van der Waals surface area contributed by atoms with Crippen LogP contribution in [-0.2, 0) is 29.1 Å². The van der Waals surface area contributed by atoms with Crippen molar-refractivity contribution < 1.29 is 26.4 Å². The largest absolute Gasteiger partial charge is 0.416 e. The molecular weight excluding hydrogens is 538 g/mol. The highest BCUT2D eigenvalue weighted by atomic mass is 35.5. The molecule has 0 spiro atoms. The molecule has 3 rings (SSSR count). The number of sulfone groups is 1. The van der Waals surface area contributed by atoms with Gasteiger partial charge >= 0.3 is 6.18 Å². The molecule has 0 radical (unpaired) electrons. The van der Waals surface area contributed by atoms with Crippen LogP contribution < -0.4 is 11.1 Å². The van der Waals surface area contributed by atoms with Crippen LogP contribution in [0.1, 0.15) is 53.2 Å². The average Bonchev–Trinajstić information content (AvgIpc) is 2.83. The van der Waals surface area contributed by atoms with Gasteiger partial charge in [0.1, 0.15) is 0 Å². The Hall–Kier alpha value is -1.85. The van der Waals surface area contributed by atoms with Crippen LogP contribution >= 0.6 is 23.2 Å². The smallest absolute Gasteiger partial charge is 0.348 e. The molecule has 1 aliphatic rings. The Morgan fingerprint density at radius 1 is 1.19 bits per heavy atom. The summed E-state index contributed by atoms with van der Waals surface area (Å²) in [5.74, 6) is -0.990. The van der Waals surface area contributed by atoms with Crippen molar-refractivity contribution in [1.82, 2.24) is 10.2 Å². The van der Waals surface area contributed by atoms with Gasteiger partial charge in [0.2, 0.25) is 0 Å². The van der Waals surface area contributed by atoms with Crippen molar-refractivity contribution >= 4 is 38.9 Å². The normalized spacial score (nSPS) is 17.2. The van der Waals surface area contributed by atoms with Crippen LogP contribution in [0, 0.1) is 0 Å². The summed E-state index contributed by atoms with van der Waals surface area (Å²) in [6.07, 6.45) is -2.12. The summed E-state index contributed by atoms with van der Waals surface area (Å²) in [4.78, 5) is 14.7. The number of hydrogen-bond donors (Lipinski definition) is 2. The number of amides is 1. The van der Waals surface area contributed by atoms with Gasteiger partial charge in [0.05, 0.1) is 16.2 Å². The number of nitrogens with zero attached hydrogens (tertiary/aromatic N) is 1. The van der Waals surface area contributed by atoms with Crippen molar-refractivity contribution in [3.63, 3.8) is 0 Å². The van der Waals surface area contributed by atoms with Gasteiger partial charge < -0.3 is 11.1 Å². The number of nitrogens with two attached hydrogens (primary N) is 1. The Balaban J connectivity index is 1.89. The highest BCUT2D eigenvalue weighted by molar-refractivity contribution is 7.91. The van der Waals surface area contributed by atoms with Crippen LogP contribution in [-0.4, -0.2) is 44.1 Å². The molecule has 0 aliphatic carbocycles. The van der Waals surface area contributed by atoms with E-state index in [-0.39, 0.29) is 56.5 Å². The summed E-state index contributed by atoms with van der Waals surface area (Å²) in [5, 5.41) is 2.57. The second kappa shape index (κ2) is 11.7. The fourth-order valence-corrected chi connectivity index (χ4v) is 5.93. The quantitative estimate of drug-likeness (QED) is 0.467. The summed E-state index contributed by atoms with van der Waals surface area (Å²) in [5.41, 5.74) is 4.67. The molecule has 1 heterocycles. The number of carbonyl (C=O) groups excluding carboxylic acids is 1. The highest BCUT2D eigenvalue weighted by Gasteiger charge is 2.36. The summed E-state index contributed by atoms with van der Waals surface area (Å²) in [7, 11) is -3.61. The minimum atomic E-state index is -4.74. The van der Waals surface area contributed by atoms with Gasteiger partial charge in [-0.05, 0) is 60.8 Å². The van der Waals surface area contributed by atoms with Crippen LogP contribution in [0.2, 0.25) is 10.0 Å². The Labute approximate surface area is 218 Å². The molecule has 2 aromatic carbocycles. The van der Waals surface area contributed by atoms with E-state index in [9.17, 15) is 26.4 Å². The second-order valence-electron chi connectivity index (χ2n) is 8.68. The Morgan fingerprint density at radius 3 is 2.56 bits per heavy atom. The van der Waals surface area contributed by atoms with Crippen molar-refractivity contribution in [2.24, 2.45) is 5.73 Å². The molecular formula is C24H28Cl2F3N3O3S. The van der Waals surface area contributed by atoms with Crippen LogP contribution in [0.4, 0.5) is 13.2 Å². The van der Waals surface area contributed by atoms with Gasteiger partial charge in [-0.3, -0.25) is 9.69 Å². The Bertz CT molecular complexity index is 1220. The molecule has 0 aromatic heterocycles. The molecule has 6 nitrogen and oxygen atoms in total. The van der Waals surface area contributed by atoms with Gasteiger partial charge in [-0.15, -0.1) is 0 Å². The minimum Gasteiger partial charge on any atom is -0.348 e. The lowest BCUT2D eigenvalue weighted by atomic mass is 9.98. The second-order valence-corrected chi connectivity index (χ2v) is 11.8. The van der Waals surface area contributed by atoms with Crippen LogP contribution in [0.15, 0.2) is 35.2 Å². The fourth-order valence-electron chi connectivity index (χ4n) is 4.34. The molecule has 12 heteroatoms.